The molecule has 1 saturated carbocycles. The molecule has 0 spiro atoms. The first-order valence-electron chi connectivity index (χ1n) is 6.37. The highest BCUT2D eigenvalue weighted by Crippen LogP contribution is 2.54. The van der Waals surface area contributed by atoms with Gasteiger partial charge in [0.2, 0.25) is 6.08 Å². The number of carbonyl (C=O) groups excluding carboxylic acids is 1. The van der Waals surface area contributed by atoms with E-state index in [2.05, 4.69) is 4.99 Å². The molecular formula is C14H15NO4. The van der Waals surface area contributed by atoms with Crippen LogP contribution in [0.4, 0.5) is 0 Å². The van der Waals surface area contributed by atoms with Crippen molar-refractivity contribution in [1.29, 1.82) is 0 Å². The maximum absolute atomic E-state index is 10.7. The van der Waals surface area contributed by atoms with Gasteiger partial charge < -0.3 is 14.2 Å². The second-order valence-corrected chi connectivity index (χ2v) is 4.76. The van der Waals surface area contributed by atoms with Gasteiger partial charge in [-0.05, 0) is 31.4 Å². The summed E-state index contributed by atoms with van der Waals surface area (Å²) < 4.78 is 16.7. The molecule has 1 aliphatic carbocycles. The van der Waals surface area contributed by atoms with Gasteiger partial charge in [-0.2, -0.15) is 4.99 Å². The average molecular weight is 261 g/mol. The number of ether oxygens (including phenoxy) is 3. The van der Waals surface area contributed by atoms with Crippen LogP contribution in [0.2, 0.25) is 0 Å². The Morgan fingerprint density at radius 1 is 1.32 bits per heavy atom. The van der Waals surface area contributed by atoms with Crippen molar-refractivity contribution in [2.45, 2.75) is 24.8 Å². The lowest BCUT2D eigenvalue weighted by Gasteiger charge is -2.39. The molecule has 0 bridgehead atoms. The molecule has 0 atom stereocenters. The second-order valence-electron chi connectivity index (χ2n) is 4.76. The molecule has 0 aromatic heterocycles. The number of nitrogens with zero attached hydrogens (tertiary/aromatic N) is 1. The zero-order chi connectivity index (χ0) is 13.3. The van der Waals surface area contributed by atoms with Crippen molar-refractivity contribution in [1.82, 2.24) is 0 Å². The van der Waals surface area contributed by atoms with Crippen LogP contribution in [0.25, 0.3) is 0 Å². The van der Waals surface area contributed by atoms with Gasteiger partial charge in [-0.3, -0.25) is 0 Å². The minimum Gasteiger partial charge on any atom is -0.496 e. The minimum atomic E-state index is -0.556. The monoisotopic (exact) mass is 261 g/mol. The van der Waals surface area contributed by atoms with Crippen LogP contribution in [0.3, 0.4) is 0 Å². The van der Waals surface area contributed by atoms with Crippen LogP contribution in [0.15, 0.2) is 17.1 Å². The van der Waals surface area contributed by atoms with Gasteiger partial charge in [0.15, 0.2) is 11.5 Å². The van der Waals surface area contributed by atoms with Gasteiger partial charge in [-0.25, -0.2) is 4.79 Å². The molecule has 1 aromatic carbocycles. The Morgan fingerprint density at radius 3 is 2.74 bits per heavy atom. The maximum atomic E-state index is 10.7. The molecule has 19 heavy (non-hydrogen) atoms. The summed E-state index contributed by atoms with van der Waals surface area (Å²) >= 11 is 0. The highest BCUT2D eigenvalue weighted by molar-refractivity contribution is 5.59. The van der Waals surface area contributed by atoms with E-state index < -0.39 is 5.54 Å². The van der Waals surface area contributed by atoms with Gasteiger partial charge in [0, 0.05) is 0 Å². The summed E-state index contributed by atoms with van der Waals surface area (Å²) in [6.45, 7) is 1.02. The SMILES string of the molecule is COc1ccc2c(c1C1(N=C=O)CCC1)OCCO2. The summed E-state index contributed by atoms with van der Waals surface area (Å²) in [7, 11) is 1.60. The zero-order valence-electron chi connectivity index (χ0n) is 10.8. The highest BCUT2D eigenvalue weighted by Gasteiger charge is 2.44. The molecule has 5 nitrogen and oxygen atoms in total. The van der Waals surface area contributed by atoms with Crippen LogP contribution in [0, 0.1) is 0 Å². The van der Waals surface area contributed by atoms with E-state index in [9.17, 15) is 4.79 Å². The predicted octanol–water partition coefficient (Wildman–Crippen LogP) is 2.18. The van der Waals surface area contributed by atoms with Crippen LogP contribution in [0.5, 0.6) is 17.2 Å². The molecule has 3 rings (SSSR count). The van der Waals surface area contributed by atoms with E-state index in [0.717, 1.165) is 24.8 Å². The Hall–Kier alpha value is -2.00. The fraction of sp³-hybridized carbons (Fsp3) is 0.500. The molecule has 0 radical (unpaired) electrons. The van der Waals surface area contributed by atoms with Crippen LogP contribution in [0.1, 0.15) is 24.8 Å². The Labute approximate surface area is 111 Å². The van der Waals surface area contributed by atoms with Gasteiger partial charge in [-0.1, -0.05) is 0 Å². The van der Waals surface area contributed by atoms with E-state index in [1.807, 2.05) is 12.1 Å². The lowest BCUT2D eigenvalue weighted by Crippen LogP contribution is -2.34. The van der Waals surface area contributed by atoms with E-state index in [0.29, 0.717) is 30.5 Å². The van der Waals surface area contributed by atoms with E-state index in [1.54, 1.807) is 13.2 Å². The standard InChI is InChI=1S/C14H15NO4/c1-17-10-3-4-11-13(19-8-7-18-11)12(10)14(15-9-16)5-2-6-14/h3-4H,2,5-8H2,1H3. The normalized spacial score (nSPS) is 19.0. The Balaban J connectivity index is 2.19. The number of aliphatic imine (C=N–C) groups is 1. The van der Waals surface area contributed by atoms with Crippen molar-refractivity contribution in [3.63, 3.8) is 0 Å². The summed E-state index contributed by atoms with van der Waals surface area (Å²) in [5, 5.41) is 0. The quantitative estimate of drug-likeness (QED) is 0.618. The third kappa shape index (κ3) is 1.78. The van der Waals surface area contributed by atoms with Gasteiger partial charge in [0.05, 0.1) is 12.7 Å². The van der Waals surface area contributed by atoms with E-state index in [-0.39, 0.29) is 0 Å². The smallest absolute Gasteiger partial charge is 0.235 e. The first-order valence-corrected chi connectivity index (χ1v) is 6.37. The first kappa shape index (κ1) is 12.1. The molecule has 0 saturated heterocycles. The van der Waals surface area contributed by atoms with Crippen molar-refractivity contribution < 1.29 is 19.0 Å². The molecule has 1 aliphatic heterocycles. The number of hydrogen-bond donors (Lipinski definition) is 0. The molecule has 1 aromatic rings. The molecule has 0 unspecified atom stereocenters. The van der Waals surface area contributed by atoms with Gasteiger partial charge in [-0.15, -0.1) is 0 Å². The first-order chi connectivity index (χ1) is 9.30. The molecule has 0 N–H and O–H groups in total. The van der Waals surface area contributed by atoms with Crippen molar-refractivity contribution in [2.24, 2.45) is 4.99 Å². The van der Waals surface area contributed by atoms with E-state index in [1.165, 1.54) is 0 Å². The number of rotatable bonds is 3. The van der Waals surface area contributed by atoms with Crippen molar-refractivity contribution in [2.75, 3.05) is 20.3 Å². The van der Waals surface area contributed by atoms with Crippen molar-refractivity contribution in [3.8, 4) is 17.2 Å². The van der Waals surface area contributed by atoms with E-state index in [4.69, 9.17) is 14.2 Å². The summed E-state index contributed by atoms with van der Waals surface area (Å²) in [6.07, 6.45) is 4.32. The number of methoxy groups -OCH3 is 1. The second kappa shape index (κ2) is 4.59. The van der Waals surface area contributed by atoms with Gasteiger partial charge in [0.1, 0.15) is 24.5 Å². The van der Waals surface area contributed by atoms with Crippen LogP contribution in [-0.4, -0.2) is 26.4 Å². The average Bonchev–Trinajstić information content (AvgIpc) is 2.42. The molecule has 100 valence electrons. The largest absolute Gasteiger partial charge is 0.496 e. The Morgan fingerprint density at radius 2 is 2.11 bits per heavy atom. The summed E-state index contributed by atoms with van der Waals surface area (Å²) in [4.78, 5) is 14.8. The number of hydrogen-bond acceptors (Lipinski definition) is 5. The molecular weight excluding hydrogens is 246 g/mol. The van der Waals surface area contributed by atoms with Gasteiger partial charge in [0.25, 0.3) is 0 Å². The summed E-state index contributed by atoms with van der Waals surface area (Å²) in [6, 6.07) is 3.66. The lowest BCUT2D eigenvalue weighted by atomic mass is 9.71. The third-order valence-corrected chi connectivity index (χ3v) is 3.80. The summed E-state index contributed by atoms with van der Waals surface area (Å²) in [5.74, 6) is 2.03. The van der Waals surface area contributed by atoms with E-state index >= 15 is 0 Å². The molecule has 5 heteroatoms. The molecule has 1 fully saturated rings. The summed E-state index contributed by atoms with van der Waals surface area (Å²) in [5.41, 5.74) is 0.265. The van der Waals surface area contributed by atoms with Gasteiger partial charge >= 0.3 is 0 Å². The van der Waals surface area contributed by atoms with Crippen LogP contribution in [-0.2, 0) is 10.3 Å². The number of fused-ring (bicyclic) bond motifs is 1. The van der Waals surface area contributed by atoms with Crippen LogP contribution < -0.4 is 14.2 Å². The topological polar surface area (TPSA) is 57.1 Å². The number of isocyanates is 1. The predicted molar refractivity (Wildman–Crippen MR) is 67.6 cm³/mol. The number of benzene rings is 1. The highest BCUT2D eigenvalue weighted by atomic mass is 16.6. The lowest BCUT2D eigenvalue weighted by molar-refractivity contribution is 0.157. The third-order valence-electron chi connectivity index (χ3n) is 3.80. The molecule has 2 aliphatic rings. The molecule has 1 heterocycles. The zero-order valence-corrected chi connectivity index (χ0v) is 10.8. The fourth-order valence-electron chi connectivity index (χ4n) is 2.73. The molecule has 0 amide bonds. The minimum absolute atomic E-state index is 0.494. The maximum Gasteiger partial charge on any atom is 0.235 e. The Bertz CT molecular complexity index is 545. The van der Waals surface area contributed by atoms with Crippen molar-refractivity contribution in [3.05, 3.63) is 17.7 Å². The Kier molecular flexibility index (Phi) is 2.91. The fourth-order valence-corrected chi connectivity index (χ4v) is 2.73. The van der Waals surface area contributed by atoms with Crippen molar-refractivity contribution >= 4 is 6.08 Å². The van der Waals surface area contributed by atoms with Crippen LogP contribution >= 0.6 is 0 Å².